The minimum absolute atomic E-state index is 0.0757. The van der Waals surface area contributed by atoms with Gasteiger partial charge in [-0.1, -0.05) is 0 Å². The monoisotopic (exact) mass is 292 g/mol. The number of hydrogen-bond acceptors (Lipinski definition) is 5. The first-order valence-corrected chi connectivity index (χ1v) is 6.95. The van der Waals surface area contributed by atoms with E-state index >= 15 is 0 Å². The van der Waals surface area contributed by atoms with Crippen LogP contribution in [0.25, 0.3) is 0 Å². The third-order valence-corrected chi connectivity index (χ3v) is 4.35. The summed E-state index contributed by atoms with van der Waals surface area (Å²) in [5.41, 5.74) is -0.392. The first-order chi connectivity index (χ1) is 9.97. The molecule has 0 aromatic heterocycles. The highest BCUT2D eigenvalue weighted by atomic mass is 16.6. The van der Waals surface area contributed by atoms with Crippen LogP contribution in [0.2, 0.25) is 0 Å². The zero-order chi connectivity index (χ0) is 15.1. The van der Waals surface area contributed by atoms with E-state index in [1.807, 2.05) is 0 Å². The predicted octanol–water partition coefficient (Wildman–Crippen LogP) is 1.43. The smallest absolute Gasteiger partial charge is 0.282 e. The maximum absolute atomic E-state index is 12.7. The first-order valence-electron chi connectivity index (χ1n) is 6.95. The summed E-state index contributed by atoms with van der Waals surface area (Å²) in [5.74, 6) is -0.606. The lowest BCUT2D eigenvalue weighted by Crippen LogP contribution is -2.48. The number of aromatic hydroxyl groups is 1. The molecule has 2 aliphatic rings. The SMILES string of the molecule is O=C(c1cc(O)ccc1[N+](=O)[O-])N1C2CCC1CC(O)C2. The molecule has 1 amide bonds. The van der Waals surface area contributed by atoms with Crippen LogP contribution in [0.1, 0.15) is 36.0 Å². The topological polar surface area (TPSA) is 104 Å². The maximum atomic E-state index is 12.7. The molecule has 2 atom stereocenters. The second-order valence-electron chi connectivity index (χ2n) is 5.68. The number of carbonyl (C=O) groups is 1. The molecule has 1 aromatic carbocycles. The summed E-state index contributed by atoms with van der Waals surface area (Å²) in [6, 6.07) is 3.33. The molecule has 2 fully saturated rings. The molecule has 112 valence electrons. The maximum Gasteiger partial charge on any atom is 0.282 e. The van der Waals surface area contributed by atoms with E-state index in [2.05, 4.69) is 0 Å². The summed E-state index contributed by atoms with van der Waals surface area (Å²) in [7, 11) is 0. The van der Waals surface area contributed by atoms with Crippen LogP contribution in [0.3, 0.4) is 0 Å². The summed E-state index contributed by atoms with van der Waals surface area (Å²) >= 11 is 0. The number of phenolic OH excluding ortho intramolecular Hbond substituents is 1. The molecular formula is C14H16N2O5. The normalized spacial score (nSPS) is 27.7. The lowest BCUT2D eigenvalue weighted by Gasteiger charge is -2.37. The number of fused-ring (bicyclic) bond motifs is 2. The molecule has 2 aliphatic heterocycles. The number of benzene rings is 1. The van der Waals surface area contributed by atoms with Gasteiger partial charge in [-0.05, 0) is 37.8 Å². The van der Waals surface area contributed by atoms with Crippen molar-refractivity contribution in [1.29, 1.82) is 0 Å². The molecule has 7 nitrogen and oxygen atoms in total. The number of amides is 1. The van der Waals surface area contributed by atoms with Crippen molar-refractivity contribution in [3.63, 3.8) is 0 Å². The Kier molecular flexibility index (Phi) is 3.29. The molecule has 0 spiro atoms. The average Bonchev–Trinajstić information content (AvgIpc) is 2.69. The van der Waals surface area contributed by atoms with E-state index in [4.69, 9.17) is 0 Å². The summed E-state index contributed by atoms with van der Waals surface area (Å²) in [4.78, 5) is 24.8. The van der Waals surface area contributed by atoms with Gasteiger partial charge in [-0.15, -0.1) is 0 Å². The van der Waals surface area contributed by atoms with Gasteiger partial charge in [0, 0.05) is 18.2 Å². The van der Waals surface area contributed by atoms with Gasteiger partial charge in [0.2, 0.25) is 0 Å². The number of carbonyl (C=O) groups excluding carboxylic acids is 1. The van der Waals surface area contributed by atoms with Gasteiger partial charge >= 0.3 is 0 Å². The molecule has 1 aromatic rings. The van der Waals surface area contributed by atoms with Gasteiger partial charge in [0.25, 0.3) is 11.6 Å². The van der Waals surface area contributed by atoms with E-state index in [1.54, 1.807) is 4.90 Å². The minimum Gasteiger partial charge on any atom is -0.508 e. The van der Waals surface area contributed by atoms with Crippen molar-refractivity contribution < 1.29 is 19.9 Å². The van der Waals surface area contributed by atoms with Crippen LogP contribution in [0.5, 0.6) is 5.75 Å². The van der Waals surface area contributed by atoms with Crippen molar-refractivity contribution in [1.82, 2.24) is 4.90 Å². The van der Waals surface area contributed by atoms with E-state index in [-0.39, 0.29) is 29.1 Å². The highest BCUT2D eigenvalue weighted by molar-refractivity contribution is 5.99. The zero-order valence-electron chi connectivity index (χ0n) is 11.3. The van der Waals surface area contributed by atoms with Crippen molar-refractivity contribution in [2.24, 2.45) is 0 Å². The van der Waals surface area contributed by atoms with E-state index in [1.165, 1.54) is 6.07 Å². The number of nitro groups is 1. The number of nitrogens with zero attached hydrogens (tertiary/aromatic N) is 2. The number of piperidine rings is 1. The molecule has 0 radical (unpaired) electrons. The molecule has 0 saturated carbocycles. The largest absolute Gasteiger partial charge is 0.508 e. The summed E-state index contributed by atoms with van der Waals surface area (Å²) in [5, 5.41) is 30.3. The first kappa shape index (κ1) is 13.8. The molecule has 2 bridgehead atoms. The minimum atomic E-state index is -0.618. The Morgan fingerprint density at radius 2 is 1.90 bits per heavy atom. The van der Waals surface area contributed by atoms with Crippen LogP contribution in [0, 0.1) is 10.1 Å². The molecule has 7 heteroatoms. The number of hydrogen-bond donors (Lipinski definition) is 2. The van der Waals surface area contributed by atoms with Crippen LogP contribution in [0.15, 0.2) is 18.2 Å². The fraction of sp³-hybridized carbons (Fsp3) is 0.500. The van der Waals surface area contributed by atoms with Crippen molar-refractivity contribution in [3.8, 4) is 5.75 Å². The summed E-state index contributed by atoms with van der Waals surface area (Å²) < 4.78 is 0. The van der Waals surface area contributed by atoms with Gasteiger partial charge in [-0.3, -0.25) is 14.9 Å². The Bertz CT molecular complexity index is 589. The van der Waals surface area contributed by atoms with Crippen LogP contribution >= 0.6 is 0 Å². The van der Waals surface area contributed by atoms with Crippen molar-refractivity contribution in [2.75, 3.05) is 0 Å². The quantitative estimate of drug-likeness (QED) is 0.634. The fourth-order valence-corrected chi connectivity index (χ4v) is 3.47. The fourth-order valence-electron chi connectivity index (χ4n) is 3.47. The Labute approximate surface area is 121 Å². The van der Waals surface area contributed by atoms with E-state index in [0.717, 1.165) is 25.0 Å². The molecule has 2 saturated heterocycles. The van der Waals surface area contributed by atoms with Crippen molar-refractivity contribution in [2.45, 2.75) is 43.9 Å². The van der Waals surface area contributed by atoms with E-state index < -0.39 is 16.9 Å². The molecule has 2 heterocycles. The average molecular weight is 292 g/mol. The van der Waals surface area contributed by atoms with Crippen LogP contribution in [0.4, 0.5) is 5.69 Å². The Morgan fingerprint density at radius 1 is 1.29 bits per heavy atom. The van der Waals surface area contributed by atoms with E-state index in [9.17, 15) is 25.1 Å². The van der Waals surface area contributed by atoms with Gasteiger partial charge < -0.3 is 15.1 Å². The van der Waals surface area contributed by atoms with Crippen molar-refractivity contribution in [3.05, 3.63) is 33.9 Å². The second kappa shape index (κ2) is 5.00. The zero-order valence-corrected chi connectivity index (χ0v) is 11.3. The lowest BCUT2D eigenvalue weighted by atomic mass is 9.98. The third kappa shape index (κ3) is 2.33. The number of rotatable bonds is 2. The molecule has 21 heavy (non-hydrogen) atoms. The number of nitro benzene ring substituents is 1. The van der Waals surface area contributed by atoms with Crippen LogP contribution in [-0.4, -0.2) is 44.1 Å². The van der Waals surface area contributed by atoms with Crippen LogP contribution in [-0.2, 0) is 0 Å². The second-order valence-corrected chi connectivity index (χ2v) is 5.68. The van der Waals surface area contributed by atoms with Crippen molar-refractivity contribution >= 4 is 11.6 Å². The number of aliphatic hydroxyl groups excluding tert-OH is 1. The van der Waals surface area contributed by atoms with E-state index in [0.29, 0.717) is 12.8 Å². The standard InChI is InChI=1S/C14H16N2O5/c17-10-3-4-13(16(20)21)12(7-10)14(19)15-8-1-2-9(15)6-11(18)5-8/h3-4,7-9,11,17-18H,1-2,5-6H2. The Hall–Kier alpha value is -2.15. The van der Waals surface area contributed by atoms with Gasteiger partial charge in [0.1, 0.15) is 11.3 Å². The summed E-state index contributed by atoms with van der Waals surface area (Å²) in [6.45, 7) is 0. The lowest BCUT2D eigenvalue weighted by molar-refractivity contribution is -0.385. The molecule has 2 unspecified atom stereocenters. The van der Waals surface area contributed by atoms with Gasteiger partial charge in [0.05, 0.1) is 11.0 Å². The molecule has 3 rings (SSSR count). The van der Waals surface area contributed by atoms with Gasteiger partial charge in [-0.25, -0.2) is 0 Å². The Balaban J connectivity index is 1.96. The number of aliphatic hydroxyl groups is 1. The molecule has 0 aliphatic carbocycles. The summed E-state index contributed by atoms with van der Waals surface area (Å²) in [6.07, 6.45) is 2.22. The van der Waals surface area contributed by atoms with Crippen LogP contribution < -0.4 is 0 Å². The third-order valence-electron chi connectivity index (χ3n) is 4.35. The highest BCUT2D eigenvalue weighted by Gasteiger charge is 2.44. The van der Waals surface area contributed by atoms with Gasteiger partial charge in [0.15, 0.2) is 0 Å². The Morgan fingerprint density at radius 3 is 2.48 bits per heavy atom. The highest BCUT2D eigenvalue weighted by Crippen LogP contribution is 2.38. The predicted molar refractivity (Wildman–Crippen MR) is 73.0 cm³/mol. The number of phenols is 1. The molecule has 2 N–H and O–H groups in total. The van der Waals surface area contributed by atoms with Gasteiger partial charge in [-0.2, -0.15) is 0 Å². The molecular weight excluding hydrogens is 276 g/mol.